The summed E-state index contributed by atoms with van der Waals surface area (Å²) in [6.07, 6.45) is 4.31. The second-order valence-corrected chi connectivity index (χ2v) is 8.72. The molecule has 2 unspecified atom stereocenters. The lowest BCUT2D eigenvalue weighted by molar-refractivity contribution is -0.140. The molecule has 0 aliphatic carbocycles. The Balaban J connectivity index is 1.25. The molecule has 2 atom stereocenters. The summed E-state index contributed by atoms with van der Waals surface area (Å²) in [5.41, 5.74) is 4.51. The number of benzene rings is 1. The molecule has 1 aromatic rings. The molecule has 3 aliphatic heterocycles. The number of aliphatic carboxylic acids is 1. The molecule has 3 N–H and O–H groups in total. The average Bonchev–Trinajstić information content (AvgIpc) is 3.23. The van der Waals surface area contributed by atoms with Crippen LogP contribution in [0.1, 0.15) is 42.9 Å². The van der Waals surface area contributed by atoms with E-state index in [0.29, 0.717) is 32.4 Å². The number of rotatable bonds is 7. The summed E-state index contributed by atoms with van der Waals surface area (Å²) in [6, 6.07) is 8.37. The first-order chi connectivity index (χ1) is 15.0. The molecule has 3 aliphatic rings. The number of carboxylic acid groups (broad SMARTS) is 1. The molecule has 0 saturated carbocycles. The van der Waals surface area contributed by atoms with Gasteiger partial charge in [0, 0.05) is 19.5 Å². The summed E-state index contributed by atoms with van der Waals surface area (Å²) < 4.78 is 5.33. The predicted octanol–water partition coefficient (Wildman–Crippen LogP) is 0.989. The molecule has 0 spiro atoms. The molecule has 1 aromatic carbocycles. The number of hydrazone groups is 1. The molecule has 3 saturated heterocycles. The quantitative estimate of drug-likeness (QED) is 0.548. The SMILES string of the molecule is O=C(O)CN1CCC(O)(CC2CC(c3ccc(C=NN4CCOCC4)cc3)NO2)CC1. The Hall–Kier alpha value is -2.04. The van der Waals surface area contributed by atoms with Gasteiger partial charge in [0.05, 0.1) is 56.8 Å². The molecule has 3 heterocycles. The van der Waals surface area contributed by atoms with E-state index in [1.165, 1.54) is 0 Å². The molecule has 0 amide bonds. The molecule has 9 nitrogen and oxygen atoms in total. The van der Waals surface area contributed by atoms with E-state index in [4.69, 9.17) is 14.7 Å². The van der Waals surface area contributed by atoms with Gasteiger partial charge in [0.1, 0.15) is 0 Å². The number of morpholine rings is 1. The second kappa shape index (κ2) is 10.1. The molecule has 0 radical (unpaired) electrons. The minimum Gasteiger partial charge on any atom is -0.480 e. The van der Waals surface area contributed by atoms with Crippen molar-refractivity contribution >= 4 is 12.2 Å². The highest BCUT2D eigenvalue weighted by Crippen LogP contribution is 2.34. The number of likely N-dealkylation sites (tertiary alicyclic amines) is 1. The molecule has 0 bridgehead atoms. The fourth-order valence-electron chi connectivity index (χ4n) is 4.45. The zero-order valence-electron chi connectivity index (χ0n) is 17.8. The lowest BCUT2D eigenvalue weighted by Gasteiger charge is -2.38. The number of carboxylic acids is 1. The maximum absolute atomic E-state index is 10.9. The largest absolute Gasteiger partial charge is 0.480 e. The zero-order valence-corrected chi connectivity index (χ0v) is 17.8. The average molecular weight is 433 g/mol. The van der Waals surface area contributed by atoms with Crippen LogP contribution < -0.4 is 5.48 Å². The Morgan fingerprint density at radius 1 is 1.19 bits per heavy atom. The minimum atomic E-state index is -0.824. The topological polar surface area (TPSA) is 107 Å². The number of piperidine rings is 1. The van der Waals surface area contributed by atoms with Crippen molar-refractivity contribution in [3.63, 3.8) is 0 Å². The van der Waals surface area contributed by atoms with Crippen molar-refractivity contribution in [1.82, 2.24) is 15.4 Å². The van der Waals surface area contributed by atoms with E-state index in [0.717, 1.165) is 43.9 Å². The van der Waals surface area contributed by atoms with Gasteiger partial charge in [-0.1, -0.05) is 24.3 Å². The molecular formula is C22H32N4O5. The number of carbonyl (C=O) groups is 1. The molecule has 9 heteroatoms. The van der Waals surface area contributed by atoms with Gasteiger partial charge >= 0.3 is 5.97 Å². The van der Waals surface area contributed by atoms with Crippen molar-refractivity contribution in [1.29, 1.82) is 0 Å². The maximum atomic E-state index is 10.9. The van der Waals surface area contributed by atoms with Gasteiger partial charge in [0.25, 0.3) is 0 Å². The van der Waals surface area contributed by atoms with E-state index in [1.807, 2.05) is 16.1 Å². The van der Waals surface area contributed by atoms with Crippen LogP contribution in [-0.2, 0) is 14.4 Å². The third-order valence-electron chi connectivity index (χ3n) is 6.33. The Morgan fingerprint density at radius 3 is 2.58 bits per heavy atom. The highest BCUT2D eigenvalue weighted by molar-refractivity contribution is 5.79. The number of nitrogens with one attached hydrogen (secondary N) is 1. The Kier molecular flexibility index (Phi) is 7.19. The van der Waals surface area contributed by atoms with Crippen LogP contribution in [0.5, 0.6) is 0 Å². The van der Waals surface area contributed by atoms with Gasteiger partial charge in [0.2, 0.25) is 0 Å². The Bertz CT molecular complexity index is 758. The summed E-state index contributed by atoms with van der Waals surface area (Å²) in [5, 5.41) is 26.4. The fourth-order valence-corrected chi connectivity index (χ4v) is 4.45. The van der Waals surface area contributed by atoms with Crippen LogP contribution in [-0.4, -0.2) is 89.9 Å². The normalized spacial score (nSPS) is 27.1. The van der Waals surface area contributed by atoms with Crippen molar-refractivity contribution < 1.29 is 24.6 Å². The summed E-state index contributed by atoms with van der Waals surface area (Å²) in [6.45, 7) is 4.32. The van der Waals surface area contributed by atoms with Crippen molar-refractivity contribution in [2.45, 2.75) is 43.4 Å². The van der Waals surface area contributed by atoms with E-state index in [2.05, 4.69) is 34.8 Å². The molecular weight excluding hydrogens is 400 g/mol. The van der Waals surface area contributed by atoms with E-state index in [9.17, 15) is 9.90 Å². The second-order valence-electron chi connectivity index (χ2n) is 8.72. The third-order valence-corrected chi connectivity index (χ3v) is 6.33. The van der Waals surface area contributed by atoms with Crippen LogP contribution in [0.4, 0.5) is 0 Å². The first kappa shape index (κ1) is 22.2. The van der Waals surface area contributed by atoms with Crippen molar-refractivity contribution in [3.8, 4) is 0 Å². The molecule has 4 rings (SSSR count). The van der Waals surface area contributed by atoms with Gasteiger partial charge in [-0.25, -0.2) is 0 Å². The highest BCUT2D eigenvalue weighted by atomic mass is 16.7. The van der Waals surface area contributed by atoms with Crippen LogP contribution in [0.25, 0.3) is 0 Å². The van der Waals surface area contributed by atoms with Crippen molar-refractivity contribution in [3.05, 3.63) is 35.4 Å². The Labute approximate surface area is 182 Å². The van der Waals surface area contributed by atoms with Gasteiger partial charge in [-0.3, -0.25) is 19.5 Å². The van der Waals surface area contributed by atoms with Gasteiger partial charge in [-0.2, -0.15) is 10.6 Å². The standard InChI is InChI=1S/C22H32N4O5/c27-21(28)16-25-7-5-22(29,6-8-25)14-19-13-20(24-31-19)18-3-1-17(2-4-18)15-23-26-9-11-30-12-10-26/h1-4,15,19-20,24,29H,5-14,16H2,(H,27,28). The number of hydrogen-bond donors (Lipinski definition) is 3. The zero-order chi connectivity index (χ0) is 21.7. The lowest BCUT2D eigenvalue weighted by atomic mass is 9.84. The van der Waals surface area contributed by atoms with E-state index < -0.39 is 11.6 Å². The number of ether oxygens (including phenoxy) is 1. The smallest absolute Gasteiger partial charge is 0.317 e. The van der Waals surface area contributed by atoms with Crippen LogP contribution >= 0.6 is 0 Å². The summed E-state index contributed by atoms with van der Waals surface area (Å²) >= 11 is 0. The van der Waals surface area contributed by atoms with Gasteiger partial charge in [-0.05, 0) is 30.4 Å². The van der Waals surface area contributed by atoms with E-state index in [1.54, 1.807) is 0 Å². The highest BCUT2D eigenvalue weighted by Gasteiger charge is 2.38. The summed E-state index contributed by atoms with van der Waals surface area (Å²) in [5.74, 6) is -0.824. The molecule has 170 valence electrons. The van der Waals surface area contributed by atoms with Gasteiger partial charge < -0.3 is 14.9 Å². The van der Waals surface area contributed by atoms with Crippen molar-refractivity contribution in [2.24, 2.45) is 5.10 Å². The maximum Gasteiger partial charge on any atom is 0.317 e. The minimum absolute atomic E-state index is 0.0345. The first-order valence-corrected chi connectivity index (χ1v) is 11.0. The van der Waals surface area contributed by atoms with Crippen LogP contribution in [0.15, 0.2) is 29.4 Å². The predicted molar refractivity (Wildman–Crippen MR) is 115 cm³/mol. The molecule has 31 heavy (non-hydrogen) atoms. The number of aliphatic hydroxyl groups is 1. The van der Waals surface area contributed by atoms with Crippen LogP contribution in [0.3, 0.4) is 0 Å². The number of nitrogens with zero attached hydrogens (tertiary/aromatic N) is 3. The van der Waals surface area contributed by atoms with Crippen LogP contribution in [0, 0.1) is 0 Å². The van der Waals surface area contributed by atoms with E-state index in [-0.39, 0.29) is 18.7 Å². The van der Waals surface area contributed by atoms with Crippen molar-refractivity contribution in [2.75, 3.05) is 45.9 Å². The van der Waals surface area contributed by atoms with Crippen LogP contribution in [0.2, 0.25) is 0 Å². The monoisotopic (exact) mass is 432 g/mol. The Morgan fingerprint density at radius 2 is 1.90 bits per heavy atom. The van der Waals surface area contributed by atoms with E-state index >= 15 is 0 Å². The molecule has 0 aromatic heterocycles. The number of hydrogen-bond acceptors (Lipinski definition) is 8. The van der Waals surface area contributed by atoms with Gasteiger partial charge in [0.15, 0.2) is 0 Å². The fraction of sp³-hybridized carbons (Fsp3) is 0.636. The first-order valence-electron chi connectivity index (χ1n) is 11.0. The number of hydroxylamine groups is 1. The van der Waals surface area contributed by atoms with Gasteiger partial charge in [-0.15, -0.1) is 0 Å². The molecule has 3 fully saturated rings. The lowest BCUT2D eigenvalue weighted by Crippen LogP contribution is -2.47. The summed E-state index contributed by atoms with van der Waals surface area (Å²) in [4.78, 5) is 18.5. The third kappa shape index (κ3) is 6.24. The summed E-state index contributed by atoms with van der Waals surface area (Å²) in [7, 11) is 0.